The average molecular weight is 234 g/mol. The summed E-state index contributed by atoms with van der Waals surface area (Å²) in [5, 5.41) is 2.99. The molecule has 2 atom stereocenters. The lowest BCUT2D eigenvalue weighted by atomic mass is 9.89. The highest BCUT2D eigenvalue weighted by Crippen LogP contribution is 2.31. The fourth-order valence-electron chi connectivity index (χ4n) is 2.63. The van der Waals surface area contributed by atoms with Crippen molar-refractivity contribution < 1.29 is 8.78 Å². The topological polar surface area (TPSA) is 38.0 Å². The Labute approximate surface area is 97.0 Å². The van der Waals surface area contributed by atoms with Crippen LogP contribution in [0.2, 0.25) is 0 Å². The second-order valence-corrected chi connectivity index (χ2v) is 4.96. The number of hydrogen-bond acceptors (Lipinski definition) is 2. The summed E-state index contributed by atoms with van der Waals surface area (Å²) in [5.41, 5.74) is 5.54. The lowest BCUT2D eigenvalue weighted by Crippen LogP contribution is -2.52. The molecule has 0 aromatic carbocycles. The van der Waals surface area contributed by atoms with Crippen molar-refractivity contribution >= 4 is 0 Å². The van der Waals surface area contributed by atoms with Crippen molar-refractivity contribution in [1.29, 1.82) is 0 Å². The standard InChI is InChI=1S/C12H24F2N2/c1-2-10-4-3-6-12(9-15,7-5-10)16-8-11(13)14/h10-11,16H,2-9,15H2,1H3. The highest BCUT2D eigenvalue weighted by atomic mass is 19.3. The van der Waals surface area contributed by atoms with Crippen molar-refractivity contribution in [2.24, 2.45) is 11.7 Å². The number of nitrogens with two attached hydrogens (primary N) is 1. The molecule has 2 nitrogen and oxygen atoms in total. The van der Waals surface area contributed by atoms with E-state index < -0.39 is 6.43 Å². The predicted octanol–water partition coefficient (Wildman–Crippen LogP) is 2.53. The molecule has 0 aliphatic heterocycles. The molecule has 2 unspecified atom stereocenters. The molecule has 1 aliphatic rings. The van der Waals surface area contributed by atoms with Crippen molar-refractivity contribution in [2.75, 3.05) is 13.1 Å². The Morgan fingerprint density at radius 2 is 2.12 bits per heavy atom. The van der Waals surface area contributed by atoms with E-state index in [4.69, 9.17) is 5.73 Å². The number of alkyl halides is 2. The van der Waals surface area contributed by atoms with Gasteiger partial charge in [-0.25, -0.2) is 8.78 Å². The van der Waals surface area contributed by atoms with Crippen LogP contribution in [0.1, 0.15) is 45.4 Å². The second kappa shape index (κ2) is 6.50. The fourth-order valence-corrected chi connectivity index (χ4v) is 2.63. The van der Waals surface area contributed by atoms with E-state index in [9.17, 15) is 8.78 Å². The maximum absolute atomic E-state index is 12.2. The Balaban J connectivity index is 2.51. The summed E-state index contributed by atoms with van der Waals surface area (Å²) in [5.74, 6) is 0.752. The second-order valence-electron chi connectivity index (χ2n) is 4.96. The Morgan fingerprint density at radius 1 is 1.38 bits per heavy atom. The molecule has 0 bridgehead atoms. The average Bonchev–Trinajstić information content (AvgIpc) is 2.49. The number of rotatable bonds is 5. The van der Waals surface area contributed by atoms with Gasteiger partial charge in [0.15, 0.2) is 0 Å². The SMILES string of the molecule is CCC1CCCC(CN)(NCC(F)F)CC1. The zero-order valence-corrected chi connectivity index (χ0v) is 10.1. The van der Waals surface area contributed by atoms with E-state index in [-0.39, 0.29) is 12.1 Å². The van der Waals surface area contributed by atoms with E-state index in [2.05, 4.69) is 12.2 Å². The van der Waals surface area contributed by atoms with Crippen molar-refractivity contribution in [3.63, 3.8) is 0 Å². The van der Waals surface area contributed by atoms with Gasteiger partial charge >= 0.3 is 0 Å². The monoisotopic (exact) mass is 234 g/mol. The maximum Gasteiger partial charge on any atom is 0.250 e. The van der Waals surface area contributed by atoms with Gasteiger partial charge in [-0.2, -0.15) is 0 Å². The molecule has 0 amide bonds. The summed E-state index contributed by atoms with van der Waals surface area (Å²) in [4.78, 5) is 0. The minimum atomic E-state index is -2.28. The van der Waals surface area contributed by atoms with E-state index in [1.807, 2.05) is 0 Å². The first kappa shape index (κ1) is 13.8. The third-order valence-electron chi connectivity index (χ3n) is 3.90. The van der Waals surface area contributed by atoms with Crippen molar-refractivity contribution in [1.82, 2.24) is 5.32 Å². The molecule has 4 heteroatoms. The molecule has 96 valence electrons. The number of hydrogen-bond donors (Lipinski definition) is 2. The van der Waals surface area contributed by atoms with Gasteiger partial charge in [0.25, 0.3) is 6.43 Å². The summed E-state index contributed by atoms with van der Waals surface area (Å²) < 4.78 is 24.5. The van der Waals surface area contributed by atoms with Crippen LogP contribution in [0.5, 0.6) is 0 Å². The van der Waals surface area contributed by atoms with Crippen LogP contribution in [-0.4, -0.2) is 25.1 Å². The maximum atomic E-state index is 12.2. The first-order valence-corrected chi connectivity index (χ1v) is 6.35. The van der Waals surface area contributed by atoms with E-state index in [0.29, 0.717) is 6.54 Å². The lowest BCUT2D eigenvalue weighted by Gasteiger charge is -2.33. The normalized spacial score (nSPS) is 31.7. The summed E-state index contributed by atoms with van der Waals surface area (Å²) in [6, 6.07) is 0. The minimum absolute atomic E-state index is 0.228. The largest absolute Gasteiger partial charge is 0.329 e. The Morgan fingerprint density at radius 3 is 2.69 bits per heavy atom. The molecule has 16 heavy (non-hydrogen) atoms. The van der Waals surface area contributed by atoms with Crippen LogP contribution >= 0.6 is 0 Å². The quantitative estimate of drug-likeness (QED) is 0.717. The molecule has 0 saturated heterocycles. The van der Waals surface area contributed by atoms with Crippen LogP contribution in [0.15, 0.2) is 0 Å². The Kier molecular flexibility index (Phi) is 5.62. The molecule has 1 saturated carbocycles. The summed E-state index contributed by atoms with van der Waals surface area (Å²) >= 11 is 0. The van der Waals surface area contributed by atoms with Gasteiger partial charge in [0, 0.05) is 12.1 Å². The summed E-state index contributed by atoms with van der Waals surface area (Å²) in [7, 11) is 0. The fraction of sp³-hybridized carbons (Fsp3) is 1.00. The summed E-state index contributed by atoms with van der Waals surface area (Å²) in [6.45, 7) is 2.44. The number of halogens is 2. The molecule has 0 aromatic heterocycles. The van der Waals surface area contributed by atoms with E-state index in [1.54, 1.807) is 0 Å². The molecular weight excluding hydrogens is 210 g/mol. The third kappa shape index (κ3) is 3.98. The zero-order valence-electron chi connectivity index (χ0n) is 10.1. The van der Waals surface area contributed by atoms with Crippen LogP contribution in [0.3, 0.4) is 0 Å². The molecular formula is C12H24F2N2. The Bertz CT molecular complexity index is 199. The van der Waals surface area contributed by atoms with E-state index in [0.717, 1.165) is 31.6 Å². The number of nitrogens with one attached hydrogen (secondary N) is 1. The highest BCUT2D eigenvalue weighted by molar-refractivity contribution is 4.92. The molecule has 1 fully saturated rings. The molecule has 1 rings (SSSR count). The van der Waals surface area contributed by atoms with Gasteiger partial charge in [0.1, 0.15) is 0 Å². The predicted molar refractivity (Wildman–Crippen MR) is 62.7 cm³/mol. The third-order valence-corrected chi connectivity index (χ3v) is 3.90. The lowest BCUT2D eigenvalue weighted by molar-refractivity contribution is 0.125. The molecule has 0 aromatic rings. The van der Waals surface area contributed by atoms with Crippen molar-refractivity contribution in [2.45, 2.75) is 57.4 Å². The molecule has 0 radical (unpaired) electrons. The van der Waals surface area contributed by atoms with Crippen LogP contribution in [0, 0.1) is 5.92 Å². The van der Waals surface area contributed by atoms with Gasteiger partial charge in [-0.3, -0.25) is 0 Å². The minimum Gasteiger partial charge on any atom is -0.329 e. The van der Waals surface area contributed by atoms with Gasteiger partial charge in [0.05, 0.1) is 6.54 Å². The van der Waals surface area contributed by atoms with Gasteiger partial charge < -0.3 is 11.1 Å². The van der Waals surface area contributed by atoms with Crippen molar-refractivity contribution in [3.8, 4) is 0 Å². The van der Waals surface area contributed by atoms with Crippen LogP contribution in [0.25, 0.3) is 0 Å². The van der Waals surface area contributed by atoms with Crippen molar-refractivity contribution in [3.05, 3.63) is 0 Å². The Hall–Kier alpha value is -0.220. The first-order valence-electron chi connectivity index (χ1n) is 6.35. The zero-order chi connectivity index (χ0) is 12.0. The highest BCUT2D eigenvalue weighted by Gasteiger charge is 2.31. The van der Waals surface area contributed by atoms with Gasteiger partial charge in [-0.15, -0.1) is 0 Å². The van der Waals surface area contributed by atoms with E-state index >= 15 is 0 Å². The van der Waals surface area contributed by atoms with Gasteiger partial charge in [0.2, 0.25) is 0 Å². The molecule has 3 N–H and O–H groups in total. The molecule has 1 aliphatic carbocycles. The smallest absolute Gasteiger partial charge is 0.250 e. The van der Waals surface area contributed by atoms with Crippen LogP contribution in [-0.2, 0) is 0 Å². The van der Waals surface area contributed by atoms with Crippen LogP contribution in [0.4, 0.5) is 8.78 Å². The first-order chi connectivity index (χ1) is 7.62. The molecule has 0 spiro atoms. The van der Waals surface area contributed by atoms with E-state index in [1.165, 1.54) is 12.8 Å². The van der Waals surface area contributed by atoms with Gasteiger partial charge in [-0.05, 0) is 25.2 Å². The van der Waals surface area contributed by atoms with Gasteiger partial charge in [-0.1, -0.05) is 26.2 Å². The molecule has 0 heterocycles. The van der Waals surface area contributed by atoms with Crippen LogP contribution < -0.4 is 11.1 Å². The summed E-state index contributed by atoms with van der Waals surface area (Å²) in [6.07, 6.45) is 4.22.